The van der Waals surface area contributed by atoms with E-state index in [0.717, 1.165) is 43.9 Å². The van der Waals surface area contributed by atoms with Gasteiger partial charge < -0.3 is 19.3 Å². The first-order valence-corrected chi connectivity index (χ1v) is 8.64. The lowest BCUT2D eigenvalue weighted by Crippen LogP contribution is -2.42. The van der Waals surface area contributed by atoms with E-state index in [2.05, 4.69) is 15.4 Å². The van der Waals surface area contributed by atoms with Gasteiger partial charge in [0.25, 0.3) is 0 Å². The second kappa shape index (κ2) is 7.63. The quantitative estimate of drug-likeness (QED) is 0.782. The van der Waals surface area contributed by atoms with Crippen molar-refractivity contribution in [3.63, 3.8) is 0 Å². The zero-order chi connectivity index (χ0) is 17.1. The van der Waals surface area contributed by atoms with E-state index < -0.39 is 0 Å². The van der Waals surface area contributed by atoms with E-state index in [4.69, 9.17) is 14.0 Å². The zero-order valence-electron chi connectivity index (χ0n) is 14.7. The highest BCUT2D eigenvalue weighted by atomic mass is 16.5. The van der Waals surface area contributed by atoms with Crippen molar-refractivity contribution in [2.24, 2.45) is 5.92 Å². The summed E-state index contributed by atoms with van der Waals surface area (Å²) in [6.07, 6.45) is 1.70. The molecule has 0 radical (unpaired) electrons. The summed E-state index contributed by atoms with van der Waals surface area (Å²) in [5.41, 5.74) is 2.12. The highest BCUT2D eigenvalue weighted by Gasteiger charge is 2.41. The Morgan fingerprint density at radius 2 is 2.29 bits per heavy atom. The average molecular weight is 337 g/mol. The Bertz CT molecular complexity index is 555. The third-order valence-electron chi connectivity index (χ3n) is 5.10. The summed E-state index contributed by atoms with van der Waals surface area (Å²) < 4.78 is 16.2. The van der Waals surface area contributed by atoms with Gasteiger partial charge in [-0.05, 0) is 39.2 Å². The molecule has 2 aliphatic rings. The SMILES string of the molecule is COCCNC(=O)[C@@H]1C[C@H]2CCN(Cc3c(C)noc3C)C[C@H]2O1. The van der Waals surface area contributed by atoms with Gasteiger partial charge in [-0.2, -0.15) is 0 Å². The van der Waals surface area contributed by atoms with Gasteiger partial charge in [-0.15, -0.1) is 0 Å². The molecule has 0 saturated carbocycles. The van der Waals surface area contributed by atoms with Gasteiger partial charge in [-0.1, -0.05) is 5.16 Å². The van der Waals surface area contributed by atoms with Gasteiger partial charge >= 0.3 is 0 Å². The van der Waals surface area contributed by atoms with E-state index in [1.54, 1.807) is 7.11 Å². The van der Waals surface area contributed by atoms with Crippen LogP contribution in [0.25, 0.3) is 0 Å². The van der Waals surface area contributed by atoms with E-state index >= 15 is 0 Å². The first-order valence-electron chi connectivity index (χ1n) is 8.64. The smallest absolute Gasteiger partial charge is 0.249 e. The first kappa shape index (κ1) is 17.4. The molecule has 1 aromatic rings. The molecule has 0 bridgehead atoms. The molecule has 0 spiro atoms. The summed E-state index contributed by atoms with van der Waals surface area (Å²) in [6.45, 7) is 7.69. The Balaban J connectivity index is 1.52. The predicted octanol–water partition coefficient (Wildman–Crippen LogP) is 1.03. The number of piperidine rings is 1. The standard InChI is InChI=1S/C17H27N3O4/c1-11-14(12(2)24-19-11)9-20-6-4-13-8-15(23-16(13)10-20)17(21)18-5-7-22-3/h13,15-16H,4-10H2,1-3H3,(H,18,21)/t13-,15+,16-/m1/s1. The van der Waals surface area contributed by atoms with E-state index in [1.165, 1.54) is 5.56 Å². The second-order valence-corrected chi connectivity index (χ2v) is 6.77. The Hall–Kier alpha value is -1.44. The van der Waals surface area contributed by atoms with Crippen molar-refractivity contribution >= 4 is 5.91 Å². The van der Waals surface area contributed by atoms with Gasteiger partial charge in [0.2, 0.25) is 5.91 Å². The number of aromatic nitrogens is 1. The van der Waals surface area contributed by atoms with E-state index in [1.807, 2.05) is 13.8 Å². The summed E-state index contributed by atoms with van der Waals surface area (Å²) in [5.74, 6) is 1.35. The number of fused-ring (bicyclic) bond motifs is 1. The van der Waals surface area contributed by atoms with Gasteiger partial charge in [-0.3, -0.25) is 9.69 Å². The Labute approximate surface area is 142 Å². The molecule has 0 aliphatic carbocycles. The summed E-state index contributed by atoms with van der Waals surface area (Å²) >= 11 is 0. The van der Waals surface area contributed by atoms with Gasteiger partial charge in [-0.25, -0.2) is 0 Å². The number of likely N-dealkylation sites (tertiary alicyclic amines) is 1. The molecule has 1 aromatic heterocycles. The maximum atomic E-state index is 12.2. The van der Waals surface area contributed by atoms with Crippen LogP contribution < -0.4 is 5.32 Å². The number of nitrogens with zero attached hydrogens (tertiary/aromatic N) is 2. The van der Waals surface area contributed by atoms with Crippen LogP contribution in [-0.4, -0.2) is 61.5 Å². The van der Waals surface area contributed by atoms with E-state index in [9.17, 15) is 4.79 Å². The topological polar surface area (TPSA) is 76.8 Å². The number of aryl methyl sites for hydroxylation is 2. The van der Waals surface area contributed by atoms with Gasteiger partial charge in [0, 0.05) is 32.3 Å². The van der Waals surface area contributed by atoms with E-state index in [0.29, 0.717) is 19.1 Å². The van der Waals surface area contributed by atoms with Crippen molar-refractivity contribution in [3.8, 4) is 0 Å². The Morgan fingerprint density at radius 1 is 1.46 bits per heavy atom. The molecule has 3 heterocycles. The molecule has 2 saturated heterocycles. The molecule has 3 rings (SSSR count). The summed E-state index contributed by atoms with van der Waals surface area (Å²) in [6, 6.07) is 0. The number of hydrogen-bond donors (Lipinski definition) is 1. The maximum absolute atomic E-state index is 12.2. The maximum Gasteiger partial charge on any atom is 0.249 e. The van der Waals surface area contributed by atoms with Crippen molar-refractivity contribution in [2.45, 2.75) is 45.4 Å². The van der Waals surface area contributed by atoms with Crippen molar-refractivity contribution in [1.82, 2.24) is 15.4 Å². The lowest BCUT2D eigenvalue weighted by Gasteiger charge is -2.33. The van der Waals surface area contributed by atoms with Crippen molar-refractivity contribution in [2.75, 3.05) is 33.4 Å². The number of methoxy groups -OCH3 is 1. The minimum Gasteiger partial charge on any atom is -0.383 e. The van der Waals surface area contributed by atoms with E-state index in [-0.39, 0.29) is 18.1 Å². The molecule has 2 aliphatic heterocycles. The summed E-state index contributed by atoms with van der Waals surface area (Å²) in [7, 11) is 1.63. The monoisotopic (exact) mass is 337 g/mol. The van der Waals surface area contributed by atoms with Crippen LogP contribution in [-0.2, 0) is 20.8 Å². The predicted molar refractivity (Wildman–Crippen MR) is 87.5 cm³/mol. The van der Waals surface area contributed by atoms with Crippen LogP contribution in [0.4, 0.5) is 0 Å². The highest BCUT2D eigenvalue weighted by molar-refractivity contribution is 5.81. The fourth-order valence-corrected chi connectivity index (χ4v) is 3.65. The molecule has 134 valence electrons. The number of hydrogen-bond acceptors (Lipinski definition) is 6. The Morgan fingerprint density at radius 3 is 3.00 bits per heavy atom. The van der Waals surface area contributed by atoms with Gasteiger partial charge in [0.05, 0.1) is 18.4 Å². The van der Waals surface area contributed by atoms with Crippen LogP contribution in [0.3, 0.4) is 0 Å². The van der Waals surface area contributed by atoms with Gasteiger partial charge in [0.1, 0.15) is 11.9 Å². The number of ether oxygens (including phenoxy) is 2. The van der Waals surface area contributed by atoms with Crippen molar-refractivity contribution in [3.05, 3.63) is 17.0 Å². The number of nitrogens with one attached hydrogen (secondary N) is 1. The second-order valence-electron chi connectivity index (χ2n) is 6.77. The fourth-order valence-electron chi connectivity index (χ4n) is 3.65. The molecule has 3 atom stereocenters. The van der Waals surface area contributed by atoms with Crippen LogP contribution in [0, 0.1) is 19.8 Å². The number of carbonyl (C=O) groups excluding carboxylic acids is 1. The van der Waals surface area contributed by atoms with Crippen LogP contribution in [0.15, 0.2) is 4.52 Å². The van der Waals surface area contributed by atoms with Crippen LogP contribution >= 0.6 is 0 Å². The fraction of sp³-hybridized carbons (Fsp3) is 0.765. The first-order chi connectivity index (χ1) is 11.6. The summed E-state index contributed by atoms with van der Waals surface area (Å²) in [4.78, 5) is 14.5. The molecule has 7 nitrogen and oxygen atoms in total. The molecule has 0 aromatic carbocycles. The van der Waals surface area contributed by atoms with Crippen LogP contribution in [0.5, 0.6) is 0 Å². The minimum absolute atomic E-state index is 0.0151. The zero-order valence-corrected chi connectivity index (χ0v) is 14.7. The van der Waals surface area contributed by atoms with Gasteiger partial charge in [0.15, 0.2) is 0 Å². The van der Waals surface area contributed by atoms with Crippen LogP contribution in [0.2, 0.25) is 0 Å². The highest BCUT2D eigenvalue weighted by Crippen LogP contribution is 2.34. The minimum atomic E-state index is -0.323. The average Bonchev–Trinajstić information content (AvgIpc) is 3.13. The number of carbonyl (C=O) groups is 1. The molecule has 24 heavy (non-hydrogen) atoms. The molecule has 7 heteroatoms. The lowest BCUT2D eigenvalue weighted by atomic mass is 9.91. The molecule has 0 unspecified atom stereocenters. The largest absolute Gasteiger partial charge is 0.383 e. The molecule has 1 amide bonds. The normalized spacial score (nSPS) is 27.2. The number of rotatable bonds is 6. The molecule has 2 fully saturated rings. The molecule has 1 N–H and O–H groups in total. The van der Waals surface area contributed by atoms with Crippen LogP contribution in [0.1, 0.15) is 29.9 Å². The third-order valence-corrected chi connectivity index (χ3v) is 5.10. The summed E-state index contributed by atoms with van der Waals surface area (Å²) in [5, 5.41) is 6.90. The third kappa shape index (κ3) is 3.79. The van der Waals surface area contributed by atoms with Crippen molar-refractivity contribution < 1.29 is 18.8 Å². The molecular weight excluding hydrogens is 310 g/mol. The number of amides is 1. The lowest BCUT2D eigenvalue weighted by molar-refractivity contribution is -0.133. The Kier molecular flexibility index (Phi) is 5.53. The van der Waals surface area contributed by atoms with Crippen molar-refractivity contribution in [1.29, 1.82) is 0 Å². The molecular formula is C17H27N3O4.